The quantitative estimate of drug-likeness (QED) is 0.909. The van der Waals surface area contributed by atoms with Crippen molar-refractivity contribution in [2.75, 3.05) is 7.11 Å². The molecule has 2 aliphatic rings. The molecule has 22 heavy (non-hydrogen) atoms. The first-order valence-corrected chi connectivity index (χ1v) is 9.23. The first-order chi connectivity index (χ1) is 10.8. The summed E-state index contributed by atoms with van der Waals surface area (Å²) in [5.74, 6) is 1.30. The van der Waals surface area contributed by atoms with Crippen molar-refractivity contribution in [1.82, 2.24) is 9.38 Å². The Bertz CT molecular complexity index is 638. The molecule has 0 radical (unpaired) electrons. The highest BCUT2D eigenvalue weighted by atomic mass is 32.1. The van der Waals surface area contributed by atoms with Gasteiger partial charge in [0, 0.05) is 12.0 Å². The topological polar surface area (TPSA) is 46.8 Å². The van der Waals surface area contributed by atoms with E-state index in [2.05, 4.69) is 9.38 Å². The normalized spacial score (nSPS) is 27.4. The molecule has 0 saturated heterocycles. The second-order valence-corrected chi connectivity index (χ2v) is 7.92. The van der Waals surface area contributed by atoms with Gasteiger partial charge in [0.15, 0.2) is 0 Å². The molecule has 4 nitrogen and oxygen atoms in total. The van der Waals surface area contributed by atoms with E-state index in [0.29, 0.717) is 17.9 Å². The number of imidazole rings is 1. The van der Waals surface area contributed by atoms with E-state index in [1.165, 1.54) is 35.4 Å². The van der Waals surface area contributed by atoms with Gasteiger partial charge in [0.2, 0.25) is 0 Å². The molecule has 0 amide bonds. The Labute approximate surface area is 135 Å². The van der Waals surface area contributed by atoms with Gasteiger partial charge >= 0.3 is 0 Å². The van der Waals surface area contributed by atoms with Crippen molar-refractivity contribution in [3.63, 3.8) is 0 Å². The lowest BCUT2D eigenvalue weighted by Crippen LogP contribution is -2.22. The zero-order chi connectivity index (χ0) is 15.1. The Balaban J connectivity index is 1.51. The van der Waals surface area contributed by atoms with Crippen LogP contribution in [0.15, 0.2) is 12.5 Å². The van der Waals surface area contributed by atoms with Crippen molar-refractivity contribution in [3.8, 4) is 0 Å². The summed E-state index contributed by atoms with van der Waals surface area (Å²) in [6.07, 6.45) is 11.9. The highest BCUT2D eigenvalue weighted by Crippen LogP contribution is 2.48. The number of hydrogen-bond acceptors (Lipinski definition) is 4. The van der Waals surface area contributed by atoms with Crippen LogP contribution >= 0.6 is 11.3 Å². The maximum atomic E-state index is 10.9. The van der Waals surface area contributed by atoms with Crippen molar-refractivity contribution < 1.29 is 9.84 Å². The molecule has 0 bridgehead atoms. The maximum Gasteiger partial charge on any atom is 0.120 e. The van der Waals surface area contributed by atoms with Crippen molar-refractivity contribution >= 4 is 16.2 Å². The van der Waals surface area contributed by atoms with Crippen LogP contribution in [-0.4, -0.2) is 27.7 Å². The zero-order valence-electron chi connectivity index (χ0n) is 13.1. The maximum absolute atomic E-state index is 10.9. The molecule has 2 aromatic rings. The molecule has 5 heteroatoms. The van der Waals surface area contributed by atoms with Gasteiger partial charge in [-0.25, -0.2) is 4.98 Å². The highest BCUT2D eigenvalue weighted by molar-refractivity contribution is 7.17. The van der Waals surface area contributed by atoms with E-state index >= 15 is 0 Å². The Morgan fingerprint density at radius 3 is 2.77 bits per heavy atom. The van der Waals surface area contributed by atoms with E-state index in [4.69, 9.17) is 4.74 Å². The van der Waals surface area contributed by atoms with E-state index in [9.17, 15) is 5.11 Å². The third kappa shape index (κ3) is 2.70. The SMILES string of the molecule is COC1CCC(CC(O)c2c(C3CC3)sc3cncn23)CC1. The van der Waals surface area contributed by atoms with E-state index in [-0.39, 0.29) is 6.10 Å². The first kappa shape index (κ1) is 14.7. The lowest BCUT2D eigenvalue weighted by Gasteiger charge is -2.29. The van der Waals surface area contributed by atoms with Crippen LogP contribution in [0.4, 0.5) is 0 Å². The van der Waals surface area contributed by atoms with Gasteiger partial charge in [0.05, 0.1) is 24.1 Å². The molecule has 1 unspecified atom stereocenters. The molecular formula is C17H24N2O2S. The lowest BCUT2D eigenvalue weighted by atomic mass is 9.83. The summed E-state index contributed by atoms with van der Waals surface area (Å²) in [6, 6.07) is 0. The molecule has 0 aromatic carbocycles. The molecule has 2 saturated carbocycles. The average Bonchev–Trinajstić information content (AvgIpc) is 3.16. The number of hydrogen-bond donors (Lipinski definition) is 1. The largest absolute Gasteiger partial charge is 0.387 e. The minimum absolute atomic E-state index is 0.359. The predicted molar refractivity (Wildman–Crippen MR) is 87.4 cm³/mol. The van der Waals surface area contributed by atoms with Gasteiger partial charge in [-0.1, -0.05) is 0 Å². The van der Waals surface area contributed by atoms with Crippen LogP contribution in [0.5, 0.6) is 0 Å². The average molecular weight is 320 g/mol. The summed E-state index contributed by atoms with van der Waals surface area (Å²) in [5, 5.41) is 10.9. The van der Waals surface area contributed by atoms with Crippen LogP contribution < -0.4 is 0 Å². The summed E-state index contributed by atoms with van der Waals surface area (Å²) in [4.78, 5) is 6.80. The molecule has 1 atom stereocenters. The van der Waals surface area contributed by atoms with E-state index in [1.807, 2.05) is 31.0 Å². The number of fused-ring (bicyclic) bond motifs is 1. The van der Waals surface area contributed by atoms with Crippen molar-refractivity contribution in [3.05, 3.63) is 23.1 Å². The molecule has 2 aromatic heterocycles. The minimum Gasteiger partial charge on any atom is -0.387 e. The smallest absolute Gasteiger partial charge is 0.120 e. The van der Waals surface area contributed by atoms with Crippen molar-refractivity contribution in [2.24, 2.45) is 5.92 Å². The summed E-state index contributed by atoms with van der Waals surface area (Å²) in [7, 11) is 1.81. The molecule has 2 fully saturated rings. The van der Waals surface area contributed by atoms with Gasteiger partial charge < -0.3 is 9.84 Å². The Hall–Kier alpha value is -0.910. The fourth-order valence-corrected chi connectivity index (χ4v) is 5.14. The molecule has 0 aliphatic heterocycles. The number of aromatic nitrogens is 2. The van der Waals surface area contributed by atoms with Crippen LogP contribution in [0.2, 0.25) is 0 Å². The second-order valence-electron chi connectivity index (χ2n) is 6.86. The van der Waals surface area contributed by atoms with Gasteiger partial charge in [-0.3, -0.25) is 4.40 Å². The minimum atomic E-state index is -0.359. The number of aliphatic hydroxyl groups excluding tert-OH is 1. The van der Waals surface area contributed by atoms with Crippen LogP contribution in [0.1, 0.15) is 67.5 Å². The predicted octanol–water partition coefficient (Wildman–Crippen LogP) is 3.90. The fraction of sp³-hybridized carbons (Fsp3) is 0.706. The summed E-state index contributed by atoms with van der Waals surface area (Å²) in [6.45, 7) is 0. The van der Waals surface area contributed by atoms with Gasteiger partial charge in [-0.15, -0.1) is 11.3 Å². The number of aliphatic hydroxyl groups is 1. The Morgan fingerprint density at radius 2 is 2.09 bits per heavy atom. The van der Waals surface area contributed by atoms with Gasteiger partial charge in [-0.2, -0.15) is 0 Å². The van der Waals surface area contributed by atoms with E-state index < -0.39 is 0 Å². The van der Waals surface area contributed by atoms with Gasteiger partial charge in [0.25, 0.3) is 0 Å². The fourth-order valence-electron chi connectivity index (χ4n) is 3.82. The van der Waals surface area contributed by atoms with Gasteiger partial charge in [0.1, 0.15) is 11.2 Å². The van der Waals surface area contributed by atoms with E-state index in [1.54, 1.807) is 0 Å². The third-order valence-corrected chi connectivity index (χ3v) is 6.55. The molecule has 4 rings (SSSR count). The first-order valence-electron chi connectivity index (χ1n) is 8.41. The molecule has 2 aliphatic carbocycles. The molecule has 2 heterocycles. The summed E-state index contributed by atoms with van der Waals surface area (Å²) >= 11 is 1.82. The number of nitrogens with zero attached hydrogens (tertiary/aromatic N) is 2. The zero-order valence-corrected chi connectivity index (χ0v) is 13.9. The molecule has 1 N–H and O–H groups in total. The van der Waals surface area contributed by atoms with Crippen LogP contribution in [0.25, 0.3) is 4.83 Å². The number of rotatable bonds is 5. The standard InChI is InChI=1S/C17H24N2O2S/c1-21-13-6-2-11(3-7-13)8-14(20)16-17(12-4-5-12)22-15-9-18-10-19(15)16/h9-14,20H,2-8H2,1H3. The van der Waals surface area contributed by atoms with Crippen LogP contribution in [0, 0.1) is 5.92 Å². The summed E-state index contributed by atoms with van der Waals surface area (Å²) < 4.78 is 7.56. The number of thiazole rings is 1. The Kier molecular flexibility index (Phi) is 3.96. The van der Waals surface area contributed by atoms with Crippen molar-refractivity contribution in [2.45, 2.75) is 63.1 Å². The number of ether oxygens (including phenoxy) is 1. The highest BCUT2D eigenvalue weighted by Gasteiger charge is 2.33. The lowest BCUT2D eigenvalue weighted by molar-refractivity contribution is 0.0435. The molecule has 0 spiro atoms. The molecular weight excluding hydrogens is 296 g/mol. The second kappa shape index (κ2) is 5.95. The molecule has 120 valence electrons. The van der Waals surface area contributed by atoms with Gasteiger partial charge in [-0.05, 0) is 56.8 Å². The third-order valence-electron chi connectivity index (χ3n) is 5.28. The summed E-state index contributed by atoms with van der Waals surface area (Å²) in [5.41, 5.74) is 1.12. The van der Waals surface area contributed by atoms with Crippen LogP contribution in [0.3, 0.4) is 0 Å². The Morgan fingerprint density at radius 1 is 1.32 bits per heavy atom. The van der Waals surface area contributed by atoms with Crippen LogP contribution in [-0.2, 0) is 4.74 Å². The van der Waals surface area contributed by atoms with Crippen molar-refractivity contribution in [1.29, 1.82) is 0 Å². The number of methoxy groups -OCH3 is 1. The van der Waals surface area contributed by atoms with E-state index in [0.717, 1.165) is 25.0 Å². The monoisotopic (exact) mass is 320 g/mol.